The lowest BCUT2D eigenvalue weighted by Crippen LogP contribution is -2.65. The van der Waals surface area contributed by atoms with Crippen LogP contribution in [-0.2, 0) is 16.6 Å². The summed E-state index contributed by atoms with van der Waals surface area (Å²) in [4.78, 5) is 15.0. The number of carbonyl (C=O) groups excluding carboxylic acids is 1. The van der Waals surface area contributed by atoms with E-state index in [1.807, 2.05) is 4.90 Å². The first kappa shape index (κ1) is 7.35. The minimum absolute atomic E-state index is 0.124. The van der Waals surface area contributed by atoms with Crippen LogP contribution < -0.4 is 9.47 Å². The Bertz CT molecular complexity index is 979. The number of benzene rings is 1. The number of hydrogen-bond acceptors (Lipinski definition) is 4. The van der Waals surface area contributed by atoms with Crippen LogP contribution in [0.5, 0.6) is 11.5 Å². The van der Waals surface area contributed by atoms with E-state index in [2.05, 4.69) is 0 Å². The van der Waals surface area contributed by atoms with Crippen LogP contribution in [0.3, 0.4) is 0 Å². The second kappa shape index (κ2) is 4.05. The lowest BCUT2D eigenvalue weighted by atomic mass is 9.52. The molecule has 0 radical (unpaired) electrons. The summed E-state index contributed by atoms with van der Waals surface area (Å²) >= 11 is 0. The zero-order valence-electron chi connectivity index (χ0n) is 20.1. The van der Waals surface area contributed by atoms with Crippen LogP contribution in [0.25, 0.3) is 0 Å². The van der Waals surface area contributed by atoms with Crippen LogP contribution in [0, 0.1) is 5.92 Å². The third-order valence-corrected chi connectivity index (χ3v) is 5.63. The fourth-order valence-electron chi connectivity index (χ4n) is 4.65. The minimum atomic E-state index is -2.81. The number of ether oxygens (including phenoxy) is 2. The summed E-state index contributed by atoms with van der Waals surface area (Å²) in [6.45, 7) is 0.393. The van der Waals surface area contributed by atoms with E-state index in [1.165, 1.54) is 12.1 Å². The Labute approximate surface area is 141 Å². The van der Waals surface area contributed by atoms with Crippen LogP contribution in [-0.4, -0.2) is 43.4 Å². The topological polar surface area (TPSA) is 38.8 Å². The lowest BCUT2D eigenvalue weighted by Gasteiger charge is -2.57. The smallest absolute Gasteiger partial charge is 0.174 e. The Morgan fingerprint density at radius 2 is 2.50 bits per heavy atom. The van der Waals surface area contributed by atoms with Gasteiger partial charge in [-0.25, -0.2) is 0 Å². The van der Waals surface area contributed by atoms with Gasteiger partial charge in [0.15, 0.2) is 23.4 Å². The summed E-state index contributed by atoms with van der Waals surface area (Å²) in [5.74, 6) is -2.03. The second-order valence-electron chi connectivity index (χ2n) is 6.46. The predicted octanol–water partition coefficient (Wildman–Crippen LogP) is 1.93. The maximum atomic E-state index is 13.2. The summed E-state index contributed by atoms with van der Waals surface area (Å²) in [7, 11) is -1.05. The van der Waals surface area contributed by atoms with Crippen molar-refractivity contribution in [3.05, 3.63) is 23.3 Å². The van der Waals surface area contributed by atoms with Gasteiger partial charge in [0.2, 0.25) is 0 Å². The van der Waals surface area contributed by atoms with Gasteiger partial charge in [0.1, 0.15) is 0 Å². The standard InChI is InChI=1S/C18H21NO3/c1-19-8-7-18-11-4-5-13(20)17(18)22-16-14(21-2)6-3-10(15(16)18)9-12(11)19/h3,6,11-12,17H,4-5,7-9H2,1-2H3/t11-,12+,17?,18-/m0/s1/i2D3,5D2,9D2,17D. The molecule has 2 heterocycles. The van der Waals surface area contributed by atoms with Crippen LogP contribution in [0.4, 0.5) is 0 Å². The van der Waals surface area contributed by atoms with Crippen molar-refractivity contribution in [1.29, 1.82) is 0 Å². The van der Waals surface area contributed by atoms with E-state index in [4.69, 9.17) is 20.4 Å². The summed E-state index contributed by atoms with van der Waals surface area (Å²) in [6.07, 6.45) is -6.54. The minimum Gasteiger partial charge on any atom is -0.493 e. The molecule has 2 bridgehead atoms. The zero-order chi connectivity index (χ0) is 22.1. The Morgan fingerprint density at radius 3 is 3.36 bits per heavy atom. The molecule has 0 N–H and O–H groups in total. The summed E-state index contributed by atoms with van der Waals surface area (Å²) in [6, 6.07) is 1.99. The SMILES string of the molecule is [2H]C([2H])([2H])Oc1ccc2c3c1OC1([2H])C(=O)C([2H])([2H])C[C@H]4[C@H](N(C)CC[C@@]341)C2([2H])[2H]. The Hall–Kier alpha value is -1.55. The third kappa shape index (κ3) is 1.27. The second-order valence-corrected chi connectivity index (χ2v) is 6.46. The first-order valence-corrected chi connectivity index (χ1v) is 7.48. The summed E-state index contributed by atoms with van der Waals surface area (Å²) < 4.78 is 76.7. The van der Waals surface area contributed by atoms with E-state index in [0.29, 0.717) is 18.5 Å². The highest BCUT2D eigenvalue weighted by molar-refractivity contribution is 5.89. The van der Waals surface area contributed by atoms with Crippen LogP contribution >= 0.6 is 0 Å². The first-order chi connectivity index (χ1) is 13.7. The van der Waals surface area contributed by atoms with Gasteiger partial charge in [0.25, 0.3) is 0 Å². The number of Topliss-reactive ketones (excluding diaryl/α,β-unsaturated/α-hetero) is 1. The Balaban J connectivity index is 1.86. The first-order valence-electron chi connectivity index (χ1n) is 11.5. The van der Waals surface area contributed by atoms with Crippen LogP contribution in [0.1, 0.15) is 41.3 Å². The number of methoxy groups -OCH3 is 1. The monoisotopic (exact) mass is 307 g/mol. The van der Waals surface area contributed by atoms with Crippen molar-refractivity contribution >= 4 is 5.78 Å². The molecule has 4 heteroatoms. The average Bonchev–Trinajstić information content (AvgIpc) is 2.86. The molecule has 4 atom stereocenters. The molecular formula is C18H21NO3. The molecule has 22 heavy (non-hydrogen) atoms. The summed E-state index contributed by atoms with van der Waals surface area (Å²) in [5.41, 5.74) is -0.730. The van der Waals surface area contributed by atoms with E-state index in [1.54, 1.807) is 7.05 Å². The van der Waals surface area contributed by atoms with Crippen molar-refractivity contribution in [1.82, 2.24) is 4.90 Å². The van der Waals surface area contributed by atoms with E-state index >= 15 is 0 Å². The van der Waals surface area contributed by atoms with Gasteiger partial charge >= 0.3 is 0 Å². The fraction of sp³-hybridized carbons (Fsp3) is 0.611. The molecule has 0 amide bonds. The van der Waals surface area contributed by atoms with E-state index in [-0.39, 0.29) is 23.5 Å². The summed E-state index contributed by atoms with van der Waals surface area (Å²) in [5, 5.41) is 0. The molecule has 5 rings (SSSR count). The van der Waals surface area contributed by atoms with Gasteiger partial charge in [-0.1, -0.05) is 6.07 Å². The molecule has 1 aromatic carbocycles. The molecule has 1 saturated carbocycles. The highest BCUT2D eigenvalue weighted by Crippen LogP contribution is 2.62. The zero-order valence-corrected chi connectivity index (χ0v) is 12.1. The molecule has 116 valence electrons. The molecule has 1 saturated heterocycles. The molecule has 4 aliphatic rings. The van der Waals surface area contributed by atoms with Crippen molar-refractivity contribution in [2.75, 3.05) is 20.6 Å². The molecule has 2 fully saturated rings. The molecule has 1 spiro atoms. The maximum absolute atomic E-state index is 13.2. The molecule has 1 unspecified atom stereocenters. The van der Waals surface area contributed by atoms with Gasteiger partial charge < -0.3 is 14.4 Å². The maximum Gasteiger partial charge on any atom is 0.174 e. The van der Waals surface area contributed by atoms with Gasteiger partial charge in [0.05, 0.1) is 12.5 Å². The number of nitrogens with zero attached hydrogens (tertiary/aromatic N) is 1. The van der Waals surface area contributed by atoms with Crippen LogP contribution in [0.15, 0.2) is 12.1 Å². The molecule has 0 aromatic heterocycles. The molecular weight excluding hydrogens is 278 g/mol. The fourth-order valence-corrected chi connectivity index (χ4v) is 4.65. The number of ketones is 1. The van der Waals surface area contributed by atoms with Gasteiger partial charge in [0, 0.05) is 28.9 Å². The number of hydrogen-bond donors (Lipinski definition) is 0. The molecule has 4 nitrogen and oxygen atoms in total. The van der Waals surface area contributed by atoms with E-state index in [0.717, 1.165) is 0 Å². The number of piperidine rings is 1. The number of carbonyl (C=O) groups is 1. The van der Waals surface area contributed by atoms with E-state index in [9.17, 15) is 4.79 Å². The number of rotatable bonds is 1. The van der Waals surface area contributed by atoms with E-state index < -0.39 is 49.0 Å². The quantitative estimate of drug-likeness (QED) is 0.795. The highest BCUT2D eigenvalue weighted by atomic mass is 16.5. The normalized spacial score (nSPS) is 52.3. The van der Waals surface area contributed by atoms with Crippen molar-refractivity contribution in [2.45, 2.75) is 43.1 Å². The number of likely N-dealkylation sites (N-methyl/N-ethyl adjacent to an activating group) is 1. The molecule has 2 aliphatic carbocycles. The molecule has 2 aliphatic heterocycles. The lowest BCUT2D eigenvalue weighted by molar-refractivity contribution is -0.138. The largest absolute Gasteiger partial charge is 0.493 e. The van der Waals surface area contributed by atoms with Gasteiger partial charge in [-0.3, -0.25) is 4.79 Å². The predicted molar refractivity (Wildman–Crippen MR) is 81.6 cm³/mol. The third-order valence-electron chi connectivity index (χ3n) is 5.63. The Kier molecular flexibility index (Phi) is 1.35. The highest BCUT2D eigenvalue weighted by Gasteiger charge is 2.65. The molecule has 1 aromatic rings. The van der Waals surface area contributed by atoms with Crippen molar-refractivity contribution in [3.8, 4) is 11.5 Å². The van der Waals surface area contributed by atoms with Crippen LogP contribution in [0.2, 0.25) is 0 Å². The van der Waals surface area contributed by atoms with Crippen molar-refractivity contribution in [2.24, 2.45) is 5.92 Å². The number of likely N-dealkylation sites (tertiary alicyclic amines) is 1. The van der Waals surface area contributed by atoms with Crippen molar-refractivity contribution < 1.29 is 25.2 Å². The van der Waals surface area contributed by atoms with Gasteiger partial charge in [-0.2, -0.15) is 0 Å². The van der Waals surface area contributed by atoms with Crippen molar-refractivity contribution in [3.63, 3.8) is 0 Å². The van der Waals surface area contributed by atoms with Gasteiger partial charge in [-0.05, 0) is 50.4 Å². The average molecular weight is 307 g/mol. The Morgan fingerprint density at radius 1 is 1.59 bits per heavy atom. The van der Waals surface area contributed by atoms with Gasteiger partial charge in [-0.15, -0.1) is 0 Å².